The van der Waals surface area contributed by atoms with Gasteiger partial charge in [-0.2, -0.15) is 0 Å². The zero-order chi connectivity index (χ0) is 12.8. The molecule has 0 radical (unpaired) electrons. The largest absolute Gasteiger partial charge is 0.383 e. The Labute approximate surface area is 106 Å². The van der Waals surface area contributed by atoms with Crippen LogP contribution in [0.25, 0.3) is 0 Å². The van der Waals surface area contributed by atoms with Crippen molar-refractivity contribution in [3.8, 4) is 0 Å². The second kappa shape index (κ2) is 6.28. The highest BCUT2D eigenvalue weighted by atomic mass is 16.5. The topological polar surface area (TPSA) is 49.2 Å². The molecule has 2 rings (SSSR count). The van der Waals surface area contributed by atoms with Gasteiger partial charge in [0.05, 0.1) is 6.61 Å². The molecule has 0 aliphatic heterocycles. The first-order valence-corrected chi connectivity index (χ1v) is 5.81. The molecule has 1 aromatic heterocycles. The van der Waals surface area contributed by atoms with Gasteiger partial charge in [-0.1, -0.05) is 30.3 Å². The van der Waals surface area contributed by atoms with Crippen LogP contribution in [0.15, 0.2) is 36.7 Å². The molecule has 5 heteroatoms. The highest BCUT2D eigenvalue weighted by Crippen LogP contribution is 2.23. The Kier molecular flexibility index (Phi) is 4.44. The lowest BCUT2D eigenvalue weighted by atomic mass is 10.1. The standard InChI is InChI=1S/C13H17N3O2/c1-17-9-8-16-10-14-15-13(16)12(18-2)11-6-4-3-5-7-11/h3-7,10,12H,8-9H2,1-2H3. The smallest absolute Gasteiger partial charge is 0.166 e. The van der Waals surface area contributed by atoms with Gasteiger partial charge in [-0.3, -0.25) is 0 Å². The molecule has 0 bridgehead atoms. The fraction of sp³-hybridized carbons (Fsp3) is 0.385. The Morgan fingerprint density at radius 2 is 2.00 bits per heavy atom. The van der Waals surface area contributed by atoms with Gasteiger partial charge in [0.15, 0.2) is 5.82 Å². The van der Waals surface area contributed by atoms with Crippen molar-refractivity contribution in [1.82, 2.24) is 14.8 Å². The van der Waals surface area contributed by atoms with Crippen LogP contribution in [0.5, 0.6) is 0 Å². The van der Waals surface area contributed by atoms with Crippen LogP contribution in [-0.2, 0) is 16.0 Å². The summed E-state index contributed by atoms with van der Waals surface area (Å²) in [5.74, 6) is 0.792. The van der Waals surface area contributed by atoms with Gasteiger partial charge in [-0.05, 0) is 5.56 Å². The minimum Gasteiger partial charge on any atom is -0.383 e. The van der Waals surface area contributed by atoms with Crippen molar-refractivity contribution in [1.29, 1.82) is 0 Å². The maximum Gasteiger partial charge on any atom is 0.166 e. The number of nitrogens with zero attached hydrogens (tertiary/aromatic N) is 3. The Balaban J connectivity index is 2.25. The van der Waals surface area contributed by atoms with E-state index in [0.29, 0.717) is 13.2 Å². The molecule has 5 nitrogen and oxygen atoms in total. The molecule has 1 atom stereocenters. The molecule has 0 N–H and O–H groups in total. The van der Waals surface area contributed by atoms with Gasteiger partial charge in [-0.15, -0.1) is 10.2 Å². The first-order chi connectivity index (χ1) is 8.86. The van der Waals surface area contributed by atoms with Crippen LogP contribution in [-0.4, -0.2) is 35.6 Å². The molecule has 1 unspecified atom stereocenters. The quantitative estimate of drug-likeness (QED) is 0.779. The highest BCUT2D eigenvalue weighted by Gasteiger charge is 2.19. The maximum absolute atomic E-state index is 5.54. The fourth-order valence-corrected chi connectivity index (χ4v) is 1.85. The number of aromatic nitrogens is 3. The van der Waals surface area contributed by atoms with E-state index in [0.717, 1.165) is 11.4 Å². The third-order valence-electron chi connectivity index (χ3n) is 2.75. The van der Waals surface area contributed by atoms with Crippen LogP contribution in [0.3, 0.4) is 0 Å². The second-order valence-corrected chi connectivity index (χ2v) is 3.90. The molecule has 18 heavy (non-hydrogen) atoms. The van der Waals surface area contributed by atoms with Crippen molar-refractivity contribution >= 4 is 0 Å². The summed E-state index contributed by atoms with van der Waals surface area (Å²) < 4.78 is 12.6. The van der Waals surface area contributed by atoms with Crippen molar-refractivity contribution in [3.05, 3.63) is 48.0 Å². The number of hydrogen-bond donors (Lipinski definition) is 0. The van der Waals surface area contributed by atoms with E-state index in [4.69, 9.17) is 9.47 Å². The molecule has 1 aromatic carbocycles. The van der Waals surface area contributed by atoms with Crippen LogP contribution in [0.1, 0.15) is 17.5 Å². The minimum atomic E-state index is -0.203. The Hall–Kier alpha value is -1.72. The van der Waals surface area contributed by atoms with Crippen LogP contribution in [0.2, 0.25) is 0 Å². The fourth-order valence-electron chi connectivity index (χ4n) is 1.85. The summed E-state index contributed by atoms with van der Waals surface area (Å²) in [5, 5.41) is 8.10. The van der Waals surface area contributed by atoms with Gasteiger partial charge in [0.1, 0.15) is 12.4 Å². The predicted molar refractivity (Wildman–Crippen MR) is 67.2 cm³/mol. The molecular formula is C13H17N3O2. The highest BCUT2D eigenvalue weighted by molar-refractivity contribution is 5.22. The molecule has 0 saturated heterocycles. The van der Waals surface area contributed by atoms with Crippen LogP contribution < -0.4 is 0 Å². The van der Waals surface area contributed by atoms with Crippen molar-refractivity contribution in [2.75, 3.05) is 20.8 Å². The molecule has 0 fully saturated rings. The molecule has 96 valence electrons. The summed E-state index contributed by atoms with van der Waals surface area (Å²) in [6.45, 7) is 1.34. The van der Waals surface area contributed by atoms with Gasteiger partial charge in [0.2, 0.25) is 0 Å². The van der Waals surface area contributed by atoms with Crippen LogP contribution >= 0.6 is 0 Å². The number of benzene rings is 1. The lowest BCUT2D eigenvalue weighted by Gasteiger charge is -2.16. The molecule has 1 heterocycles. The van der Waals surface area contributed by atoms with E-state index in [-0.39, 0.29) is 6.10 Å². The zero-order valence-electron chi connectivity index (χ0n) is 10.6. The molecule has 0 saturated carbocycles. The summed E-state index contributed by atoms with van der Waals surface area (Å²) in [4.78, 5) is 0. The van der Waals surface area contributed by atoms with E-state index in [1.54, 1.807) is 20.5 Å². The monoisotopic (exact) mass is 247 g/mol. The molecule has 0 amide bonds. The van der Waals surface area contributed by atoms with E-state index in [1.165, 1.54) is 0 Å². The lowest BCUT2D eigenvalue weighted by Crippen LogP contribution is -2.14. The SMILES string of the molecule is COCCn1cnnc1C(OC)c1ccccc1. The van der Waals surface area contributed by atoms with E-state index < -0.39 is 0 Å². The third kappa shape index (κ3) is 2.75. The number of ether oxygens (including phenoxy) is 2. The van der Waals surface area contributed by atoms with Crippen molar-refractivity contribution < 1.29 is 9.47 Å². The summed E-state index contributed by atoms with van der Waals surface area (Å²) in [6.07, 6.45) is 1.49. The second-order valence-electron chi connectivity index (χ2n) is 3.90. The summed E-state index contributed by atoms with van der Waals surface area (Å²) in [7, 11) is 3.35. The van der Waals surface area contributed by atoms with E-state index >= 15 is 0 Å². The van der Waals surface area contributed by atoms with Crippen molar-refractivity contribution in [2.45, 2.75) is 12.6 Å². The Morgan fingerprint density at radius 1 is 1.22 bits per heavy atom. The summed E-state index contributed by atoms with van der Waals surface area (Å²) in [6, 6.07) is 9.98. The number of methoxy groups -OCH3 is 2. The first-order valence-electron chi connectivity index (χ1n) is 5.81. The van der Waals surface area contributed by atoms with E-state index in [1.807, 2.05) is 34.9 Å². The average molecular weight is 247 g/mol. The third-order valence-corrected chi connectivity index (χ3v) is 2.75. The normalized spacial score (nSPS) is 12.6. The van der Waals surface area contributed by atoms with Crippen LogP contribution in [0, 0.1) is 0 Å². The van der Waals surface area contributed by atoms with Gasteiger partial charge in [0, 0.05) is 20.8 Å². The Morgan fingerprint density at radius 3 is 2.67 bits per heavy atom. The zero-order valence-corrected chi connectivity index (χ0v) is 10.6. The lowest BCUT2D eigenvalue weighted by molar-refractivity contribution is 0.122. The molecule has 2 aromatic rings. The minimum absolute atomic E-state index is 0.203. The molecule has 0 spiro atoms. The van der Waals surface area contributed by atoms with Gasteiger partial charge >= 0.3 is 0 Å². The molecule has 0 aliphatic carbocycles. The van der Waals surface area contributed by atoms with E-state index in [2.05, 4.69) is 10.2 Å². The summed E-state index contributed by atoms with van der Waals surface area (Å²) >= 11 is 0. The number of hydrogen-bond acceptors (Lipinski definition) is 4. The maximum atomic E-state index is 5.54. The van der Waals surface area contributed by atoms with Gasteiger partial charge < -0.3 is 14.0 Å². The van der Waals surface area contributed by atoms with Crippen LogP contribution in [0.4, 0.5) is 0 Å². The summed E-state index contributed by atoms with van der Waals surface area (Å²) in [5.41, 5.74) is 1.06. The van der Waals surface area contributed by atoms with Gasteiger partial charge in [-0.25, -0.2) is 0 Å². The average Bonchev–Trinajstić information content (AvgIpc) is 2.87. The van der Waals surface area contributed by atoms with Crippen molar-refractivity contribution in [3.63, 3.8) is 0 Å². The predicted octanol–water partition coefficient (Wildman–Crippen LogP) is 1.66. The first kappa shape index (κ1) is 12.7. The Bertz CT molecular complexity index is 470. The van der Waals surface area contributed by atoms with Crippen molar-refractivity contribution in [2.24, 2.45) is 0 Å². The van der Waals surface area contributed by atoms with E-state index in [9.17, 15) is 0 Å². The molecule has 0 aliphatic rings. The number of rotatable bonds is 6. The molecular weight excluding hydrogens is 230 g/mol. The van der Waals surface area contributed by atoms with Gasteiger partial charge in [0.25, 0.3) is 0 Å².